The first-order valence-electron chi connectivity index (χ1n) is 3.30. The van der Waals surface area contributed by atoms with E-state index in [2.05, 4.69) is 4.98 Å². The fraction of sp³-hybridized carbons (Fsp3) is 0.286. The first-order valence-corrected chi connectivity index (χ1v) is 4.66. The van der Waals surface area contributed by atoms with Gasteiger partial charge in [-0.25, -0.2) is 0 Å². The van der Waals surface area contributed by atoms with Crippen LogP contribution >= 0.6 is 8.03 Å². The largest absolute Gasteiger partial charge is 1.00 e. The zero-order valence-electron chi connectivity index (χ0n) is 6.93. The van der Waals surface area contributed by atoms with Crippen LogP contribution in [-0.2, 0) is 11.0 Å². The molecule has 0 aliphatic heterocycles. The SMILES string of the molecule is O=[P+]([O-])CCc1ccncc1.[Na+]. The maximum absolute atomic E-state index is 10.2. The second kappa shape index (κ2) is 6.70. The van der Waals surface area contributed by atoms with Crippen molar-refractivity contribution in [2.75, 3.05) is 6.16 Å². The molecule has 0 radical (unpaired) electrons. The van der Waals surface area contributed by atoms with E-state index in [1.165, 1.54) is 0 Å². The minimum Gasteiger partial charge on any atom is -0.596 e. The fourth-order valence-electron chi connectivity index (χ4n) is 0.770. The predicted molar refractivity (Wildman–Crippen MR) is 40.4 cm³/mol. The standard InChI is InChI=1S/C7H8NO2P.Na/c9-11(10)6-3-7-1-4-8-5-2-7;/h1-2,4-5H,3,6H2;/q;+1. The molecule has 0 saturated heterocycles. The van der Waals surface area contributed by atoms with Crippen LogP contribution in [0.2, 0.25) is 0 Å². The van der Waals surface area contributed by atoms with Crippen molar-refractivity contribution in [2.45, 2.75) is 6.42 Å². The van der Waals surface area contributed by atoms with E-state index in [1.54, 1.807) is 12.4 Å². The minimum absolute atomic E-state index is 0. The summed E-state index contributed by atoms with van der Waals surface area (Å²) in [4.78, 5) is 14.0. The van der Waals surface area contributed by atoms with Crippen molar-refractivity contribution in [3.63, 3.8) is 0 Å². The first kappa shape index (κ1) is 12.2. The van der Waals surface area contributed by atoms with Crippen LogP contribution in [0.25, 0.3) is 0 Å². The van der Waals surface area contributed by atoms with Crippen molar-refractivity contribution in [1.29, 1.82) is 0 Å². The van der Waals surface area contributed by atoms with E-state index in [0.717, 1.165) is 5.56 Å². The third kappa shape index (κ3) is 4.96. The third-order valence-electron chi connectivity index (χ3n) is 1.33. The molecule has 0 fully saturated rings. The molecule has 0 spiro atoms. The van der Waals surface area contributed by atoms with Crippen molar-refractivity contribution in [3.8, 4) is 0 Å². The summed E-state index contributed by atoms with van der Waals surface area (Å²) in [5.41, 5.74) is 1.01. The van der Waals surface area contributed by atoms with E-state index in [-0.39, 0.29) is 35.7 Å². The van der Waals surface area contributed by atoms with Gasteiger partial charge in [-0.1, -0.05) is 4.57 Å². The molecule has 1 aromatic rings. The predicted octanol–water partition coefficient (Wildman–Crippen LogP) is -2.27. The van der Waals surface area contributed by atoms with Gasteiger partial charge >= 0.3 is 37.6 Å². The van der Waals surface area contributed by atoms with Gasteiger partial charge in [0.05, 0.1) is 0 Å². The summed E-state index contributed by atoms with van der Waals surface area (Å²) in [6, 6.07) is 3.64. The molecule has 0 saturated carbocycles. The molecule has 3 nitrogen and oxygen atoms in total. The van der Waals surface area contributed by atoms with Crippen LogP contribution in [0.1, 0.15) is 5.56 Å². The molecule has 1 unspecified atom stereocenters. The van der Waals surface area contributed by atoms with E-state index >= 15 is 0 Å². The molecule has 0 aromatic carbocycles. The summed E-state index contributed by atoms with van der Waals surface area (Å²) in [5, 5.41) is 0. The van der Waals surface area contributed by atoms with Gasteiger partial charge < -0.3 is 4.89 Å². The molecule has 0 aliphatic carbocycles. The van der Waals surface area contributed by atoms with Crippen molar-refractivity contribution in [3.05, 3.63) is 30.1 Å². The van der Waals surface area contributed by atoms with E-state index in [0.29, 0.717) is 6.42 Å². The normalized spacial score (nSPS) is 10.2. The molecule has 1 heterocycles. The van der Waals surface area contributed by atoms with Gasteiger partial charge in [-0.3, -0.25) is 4.98 Å². The Kier molecular flexibility index (Phi) is 6.81. The molecule has 5 heteroatoms. The van der Waals surface area contributed by atoms with Crippen LogP contribution in [-0.4, -0.2) is 11.1 Å². The zero-order valence-corrected chi connectivity index (χ0v) is 9.83. The van der Waals surface area contributed by atoms with Gasteiger partial charge in [-0.15, -0.1) is 0 Å². The Hall–Kier alpha value is 0.210. The Morgan fingerprint density at radius 1 is 1.42 bits per heavy atom. The van der Waals surface area contributed by atoms with Gasteiger partial charge in [0.25, 0.3) is 0 Å². The van der Waals surface area contributed by atoms with Crippen molar-refractivity contribution in [1.82, 2.24) is 4.98 Å². The topological polar surface area (TPSA) is 53.0 Å². The van der Waals surface area contributed by atoms with Crippen LogP contribution in [0, 0.1) is 0 Å². The number of pyridine rings is 1. The molecule has 0 N–H and O–H groups in total. The first-order chi connectivity index (χ1) is 5.29. The molecule has 58 valence electrons. The smallest absolute Gasteiger partial charge is 0.596 e. The van der Waals surface area contributed by atoms with Crippen LogP contribution < -0.4 is 34.5 Å². The van der Waals surface area contributed by atoms with E-state index < -0.39 is 8.03 Å². The van der Waals surface area contributed by atoms with Gasteiger partial charge in [-0.2, -0.15) is 0 Å². The van der Waals surface area contributed by atoms with Crippen LogP contribution in [0.15, 0.2) is 24.5 Å². The van der Waals surface area contributed by atoms with Crippen LogP contribution in [0.5, 0.6) is 0 Å². The molecule has 1 atom stereocenters. The Labute approximate surface area is 94.4 Å². The number of nitrogens with zero attached hydrogens (tertiary/aromatic N) is 1. The van der Waals surface area contributed by atoms with Crippen molar-refractivity contribution in [2.24, 2.45) is 0 Å². The molecule has 1 aromatic heterocycles. The Morgan fingerprint density at radius 2 is 2.00 bits per heavy atom. The summed E-state index contributed by atoms with van der Waals surface area (Å²) < 4.78 is 10.2. The molecule has 0 amide bonds. The second-order valence-electron chi connectivity index (χ2n) is 2.16. The number of hydrogen-bond donors (Lipinski definition) is 0. The molecular formula is C7H8NNaO2P+. The van der Waals surface area contributed by atoms with Crippen LogP contribution in [0.4, 0.5) is 0 Å². The van der Waals surface area contributed by atoms with Crippen LogP contribution in [0.3, 0.4) is 0 Å². The summed E-state index contributed by atoms with van der Waals surface area (Å²) in [7, 11) is -2.24. The summed E-state index contributed by atoms with van der Waals surface area (Å²) in [6.45, 7) is 0. The van der Waals surface area contributed by atoms with Crippen molar-refractivity contribution >= 4 is 8.03 Å². The fourth-order valence-corrected chi connectivity index (χ4v) is 1.21. The molecule has 0 aliphatic rings. The number of hydrogen-bond acceptors (Lipinski definition) is 3. The van der Waals surface area contributed by atoms with E-state index in [1.807, 2.05) is 12.1 Å². The Morgan fingerprint density at radius 3 is 2.50 bits per heavy atom. The van der Waals surface area contributed by atoms with Gasteiger partial charge in [0.1, 0.15) is 6.16 Å². The quantitative estimate of drug-likeness (QED) is 0.401. The number of rotatable bonds is 3. The second-order valence-corrected chi connectivity index (χ2v) is 3.27. The number of aryl methyl sites for hydroxylation is 1. The monoisotopic (exact) mass is 192 g/mol. The zero-order chi connectivity index (χ0) is 8.10. The van der Waals surface area contributed by atoms with E-state index in [9.17, 15) is 9.46 Å². The summed E-state index contributed by atoms with van der Waals surface area (Å²) in [5.74, 6) is 0. The van der Waals surface area contributed by atoms with E-state index in [4.69, 9.17) is 0 Å². The molecule has 1 rings (SSSR count). The molecule has 0 bridgehead atoms. The number of aromatic nitrogens is 1. The molecular weight excluding hydrogens is 184 g/mol. The Bertz CT molecular complexity index is 242. The maximum Gasteiger partial charge on any atom is 1.00 e. The Balaban J connectivity index is 0.00000121. The maximum atomic E-state index is 10.2. The average Bonchev–Trinajstić information content (AvgIpc) is 2.03. The van der Waals surface area contributed by atoms with Gasteiger partial charge in [0.15, 0.2) is 0 Å². The third-order valence-corrected chi connectivity index (χ3v) is 1.92. The molecule has 12 heavy (non-hydrogen) atoms. The van der Waals surface area contributed by atoms with Gasteiger partial charge in [-0.05, 0) is 17.7 Å². The van der Waals surface area contributed by atoms with Crippen molar-refractivity contribution < 1.29 is 39.0 Å². The van der Waals surface area contributed by atoms with Gasteiger partial charge in [0, 0.05) is 18.8 Å². The summed E-state index contributed by atoms with van der Waals surface area (Å²) in [6.07, 6.45) is 4.13. The van der Waals surface area contributed by atoms with Gasteiger partial charge in [0.2, 0.25) is 0 Å². The minimum atomic E-state index is -2.24. The summed E-state index contributed by atoms with van der Waals surface area (Å²) >= 11 is 0. The average molecular weight is 192 g/mol.